The Bertz CT molecular complexity index is 221. The zero-order valence-corrected chi connectivity index (χ0v) is 8.01. The Morgan fingerprint density at radius 2 is 2.08 bits per heavy atom. The molecule has 0 aliphatic heterocycles. The van der Waals surface area contributed by atoms with Crippen LogP contribution in [0.15, 0.2) is 12.2 Å². The number of aliphatic hydroxyl groups is 1. The molecule has 0 spiro atoms. The van der Waals surface area contributed by atoms with Gasteiger partial charge in [-0.25, -0.2) is 0 Å². The molecule has 2 aliphatic carbocycles. The van der Waals surface area contributed by atoms with Gasteiger partial charge in [0.1, 0.15) is 0 Å². The van der Waals surface area contributed by atoms with Crippen LogP contribution in [-0.2, 0) is 0 Å². The second-order valence-corrected chi connectivity index (χ2v) is 4.83. The van der Waals surface area contributed by atoms with Crippen LogP contribution in [0.1, 0.15) is 39.5 Å². The highest BCUT2D eigenvalue weighted by Crippen LogP contribution is 2.57. The molecule has 1 nitrogen and oxygen atoms in total. The maximum atomic E-state index is 9.91. The highest BCUT2D eigenvalue weighted by Gasteiger charge is 2.53. The molecule has 0 heterocycles. The molecule has 0 aromatic rings. The maximum absolute atomic E-state index is 9.91. The zero-order chi connectivity index (χ0) is 8.82. The lowest BCUT2D eigenvalue weighted by Gasteiger charge is -2.43. The summed E-state index contributed by atoms with van der Waals surface area (Å²) in [4.78, 5) is 0. The number of rotatable bonds is 0. The van der Waals surface area contributed by atoms with Crippen LogP contribution in [0.4, 0.5) is 0 Å². The summed E-state index contributed by atoms with van der Waals surface area (Å²) in [5, 5.41) is 9.91. The molecule has 1 fully saturated rings. The molecule has 3 atom stereocenters. The first-order valence-electron chi connectivity index (χ1n) is 4.94. The van der Waals surface area contributed by atoms with Crippen LogP contribution in [0.2, 0.25) is 0 Å². The third-order valence-corrected chi connectivity index (χ3v) is 4.29. The van der Waals surface area contributed by atoms with Gasteiger partial charge in [0.05, 0.1) is 6.10 Å². The number of allylic oxidation sites excluding steroid dienone is 2. The fraction of sp³-hybridized carbons (Fsp3) is 0.818. The summed E-state index contributed by atoms with van der Waals surface area (Å²) < 4.78 is 0. The lowest BCUT2D eigenvalue weighted by molar-refractivity contribution is 0.00680. The molecule has 1 unspecified atom stereocenters. The van der Waals surface area contributed by atoms with E-state index in [0.29, 0.717) is 0 Å². The maximum Gasteiger partial charge on any atom is 0.0602 e. The highest BCUT2D eigenvalue weighted by atomic mass is 16.3. The van der Waals surface area contributed by atoms with E-state index in [-0.39, 0.29) is 16.9 Å². The van der Waals surface area contributed by atoms with Gasteiger partial charge in [-0.15, -0.1) is 0 Å². The minimum atomic E-state index is -0.0764. The Balaban J connectivity index is 2.39. The molecule has 0 bridgehead atoms. The van der Waals surface area contributed by atoms with E-state index in [1.54, 1.807) is 0 Å². The van der Waals surface area contributed by atoms with E-state index in [1.165, 1.54) is 0 Å². The van der Waals surface area contributed by atoms with Gasteiger partial charge in [0.25, 0.3) is 0 Å². The average Bonchev–Trinajstić information content (AvgIpc) is 2.28. The van der Waals surface area contributed by atoms with Crippen molar-refractivity contribution in [2.75, 3.05) is 0 Å². The van der Waals surface area contributed by atoms with E-state index in [2.05, 4.69) is 26.0 Å². The molecule has 1 heteroatoms. The van der Waals surface area contributed by atoms with Gasteiger partial charge < -0.3 is 5.11 Å². The zero-order valence-electron chi connectivity index (χ0n) is 8.01. The second-order valence-electron chi connectivity index (χ2n) is 4.83. The summed E-state index contributed by atoms with van der Waals surface area (Å²) in [5.74, 6) is 0. The first kappa shape index (κ1) is 8.31. The SMILES string of the molecule is C[C@@]12C=CCC[C@]1(C)C(O)CC2. The monoisotopic (exact) mass is 166 g/mol. The van der Waals surface area contributed by atoms with Crippen LogP contribution in [-0.4, -0.2) is 11.2 Å². The van der Waals surface area contributed by atoms with Crippen molar-refractivity contribution in [2.24, 2.45) is 10.8 Å². The number of aliphatic hydroxyl groups excluding tert-OH is 1. The summed E-state index contributed by atoms with van der Waals surface area (Å²) in [5.41, 5.74) is 0.423. The molecular weight excluding hydrogens is 148 g/mol. The number of fused-ring (bicyclic) bond motifs is 1. The van der Waals surface area contributed by atoms with Gasteiger partial charge in [0.15, 0.2) is 0 Å². The summed E-state index contributed by atoms with van der Waals surface area (Å²) in [6.07, 6.45) is 8.96. The van der Waals surface area contributed by atoms with Crippen molar-refractivity contribution in [3.05, 3.63) is 12.2 Å². The Morgan fingerprint density at radius 3 is 2.75 bits per heavy atom. The van der Waals surface area contributed by atoms with Gasteiger partial charge in [0, 0.05) is 5.41 Å². The normalized spacial score (nSPS) is 52.4. The smallest absolute Gasteiger partial charge is 0.0602 e. The summed E-state index contributed by atoms with van der Waals surface area (Å²) in [6, 6.07) is 0. The molecule has 0 aromatic heterocycles. The van der Waals surface area contributed by atoms with Crippen molar-refractivity contribution < 1.29 is 5.11 Å². The molecule has 0 radical (unpaired) electrons. The molecule has 12 heavy (non-hydrogen) atoms. The Kier molecular flexibility index (Phi) is 1.63. The first-order valence-corrected chi connectivity index (χ1v) is 4.94. The molecular formula is C11H18O. The number of hydrogen-bond acceptors (Lipinski definition) is 1. The Labute approximate surface area is 74.5 Å². The minimum Gasteiger partial charge on any atom is -0.393 e. The van der Waals surface area contributed by atoms with E-state index in [0.717, 1.165) is 25.7 Å². The summed E-state index contributed by atoms with van der Waals surface area (Å²) in [6.45, 7) is 4.53. The van der Waals surface area contributed by atoms with Gasteiger partial charge in [0.2, 0.25) is 0 Å². The largest absolute Gasteiger partial charge is 0.393 e. The van der Waals surface area contributed by atoms with Gasteiger partial charge in [-0.2, -0.15) is 0 Å². The quantitative estimate of drug-likeness (QED) is 0.548. The second kappa shape index (κ2) is 2.35. The Hall–Kier alpha value is -0.300. The van der Waals surface area contributed by atoms with E-state index in [9.17, 15) is 5.11 Å². The molecule has 2 aliphatic rings. The van der Waals surface area contributed by atoms with Crippen molar-refractivity contribution in [3.8, 4) is 0 Å². The van der Waals surface area contributed by atoms with Crippen molar-refractivity contribution in [1.29, 1.82) is 0 Å². The van der Waals surface area contributed by atoms with Crippen molar-refractivity contribution in [3.63, 3.8) is 0 Å². The fourth-order valence-electron chi connectivity index (χ4n) is 2.87. The molecule has 1 N–H and O–H groups in total. The van der Waals surface area contributed by atoms with E-state index < -0.39 is 0 Å². The van der Waals surface area contributed by atoms with Gasteiger partial charge in [-0.3, -0.25) is 0 Å². The van der Waals surface area contributed by atoms with Gasteiger partial charge in [-0.1, -0.05) is 26.0 Å². The predicted molar refractivity (Wildman–Crippen MR) is 49.8 cm³/mol. The molecule has 1 saturated carbocycles. The van der Waals surface area contributed by atoms with E-state index in [4.69, 9.17) is 0 Å². The van der Waals surface area contributed by atoms with Gasteiger partial charge in [-0.05, 0) is 31.1 Å². The fourth-order valence-corrected chi connectivity index (χ4v) is 2.87. The predicted octanol–water partition coefficient (Wildman–Crippen LogP) is 2.50. The van der Waals surface area contributed by atoms with E-state index >= 15 is 0 Å². The van der Waals surface area contributed by atoms with Crippen LogP contribution < -0.4 is 0 Å². The van der Waals surface area contributed by atoms with E-state index in [1.807, 2.05) is 0 Å². The van der Waals surface area contributed by atoms with Crippen LogP contribution in [0.3, 0.4) is 0 Å². The lowest BCUT2D eigenvalue weighted by Crippen LogP contribution is -2.39. The summed E-state index contributed by atoms with van der Waals surface area (Å²) in [7, 11) is 0. The molecule has 0 saturated heterocycles. The highest BCUT2D eigenvalue weighted by molar-refractivity contribution is 5.16. The van der Waals surface area contributed by atoms with Crippen molar-refractivity contribution in [1.82, 2.24) is 0 Å². The van der Waals surface area contributed by atoms with Crippen LogP contribution in [0.5, 0.6) is 0 Å². The van der Waals surface area contributed by atoms with Crippen molar-refractivity contribution in [2.45, 2.75) is 45.6 Å². The third kappa shape index (κ3) is 0.832. The Morgan fingerprint density at radius 1 is 1.33 bits per heavy atom. The van der Waals surface area contributed by atoms with Crippen LogP contribution >= 0.6 is 0 Å². The molecule has 68 valence electrons. The standard InChI is InChI=1S/C11H18O/c1-10-6-3-4-7-11(10,2)9(12)5-8-10/h3,6,9,12H,4-5,7-8H2,1-2H3/t9?,10-,11+/m0/s1. The molecule has 2 rings (SSSR count). The molecule has 0 aromatic carbocycles. The minimum absolute atomic E-state index is 0.0764. The third-order valence-electron chi connectivity index (χ3n) is 4.29. The number of hydrogen-bond donors (Lipinski definition) is 1. The van der Waals surface area contributed by atoms with Gasteiger partial charge >= 0.3 is 0 Å². The van der Waals surface area contributed by atoms with Crippen LogP contribution in [0.25, 0.3) is 0 Å². The topological polar surface area (TPSA) is 20.2 Å². The van der Waals surface area contributed by atoms with Crippen LogP contribution in [0, 0.1) is 10.8 Å². The molecule has 0 amide bonds. The summed E-state index contributed by atoms with van der Waals surface area (Å²) >= 11 is 0. The first-order chi connectivity index (χ1) is 5.58. The lowest BCUT2D eigenvalue weighted by atomic mass is 9.62. The average molecular weight is 166 g/mol. The van der Waals surface area contributed by atoms with Crippen molar-refractivity contribution >= 4 is 0 Å².